The molecule has 2 rings (SSSR count). The fourth-order valence-corrected chi connectivity index (χ4v) is 2.25. The molecule has 0 amide bonds. The second-order valence-corrected chi connectivity index (χ2v) is 4.49. The number of anilines is 1. The molecule has 2 heteroatoms. The van der Waals surface area contributed by atoms with E-state index < -0.39 is 0 Å². The van der Waals surface area contributed by atoms with Crippen LogP contribution in [0.15, 0.2) is 18.2 Å². The van der Waals surface area contributed by atoms with E-state index in [1.54, 1.807) is 6.07 Å². The molecule has 0 heterocycles. The van der Waals surface area contributed by atoms with Gasteiger partial charge in [0.25, 0.3) is 0 Å². The van der Waals surface area contributed by atoms with Gasteiger partial charge in [-0.3, -0.25) is 0 Å². The monoisotopic (exact) mass is 207 g/mol. The predicted molar refractivity (Wildman–Crippen MR) is 61.6 cm³/mol. The first kappa shape index (κ1) is 10.5. The van der Waals surface area contributed by atoms with Crippen molar-refractivity contribution in [2.75, 3.05) is 11.9 Å². The molecule has 1 nitrogen and oxygen atoms in total. The first-order valence-corrected chi connectivity index (χ1v) is 5.76. The van der Waals surface area contributed by atoms with Gasteiger partial charge in [-0.2, -0.15) is 0 Å². The zero-order chi connectivity index (χ0) is 10.7. The van der Waals surface area contributed by atoms with E-state index in [9.17, 15) is 4.39 Å². The van der Waals surface area contributed by atoms with Crippen LogP contribution in [0.25, 0.3) is 0 Å². The SMILES string of the molecule is Cc1ccc(F)cc1NCC1CCCC1. The van der Waals surface area contributed by atoms with Gasteiger partial charge in [-0.25, -0.2) is 4.39 Å². The Morgan fingerprint density at radius 2 is 2.07 bits per heavy atom. The molecule has 1 fully saturated rings. The average molecular weight is 207 g/mol. The van der Waals surface area contributed by atoms with E-state index in [1.165, 1.54) is 31.7 Å². The molecular formula is C13H18FN. The van der Waals surface area contributed by atoms with Crippen molar-refractivity contribution >= 4 is 5.69 Å². The fraction of sp³-hybridized carbons (Fsp3) is 0.538. The lowest BCUT2D eigenvalue weighted by Crippen LogP contribution is -2.11. The Labute approximate surface area is 90.7 Å². The lowest BCUT2D eigenvalue weighted by atomic mass is 10.1. The van der Waals surface area contributed by atoms with E-state index in [2.05, 4.69) is 5.32 Å². The van der Waals surface area contributed by atoms with Crippen molar-refractivity contribution < 1.29 is 4.39 Å². The molecule has 0 aromatic heterocycles. The number of halogens is 1. The molecule has 0 saturated heterocycles. The molecule has 1 aliphatic carbocycles. The highest BCUT2D eigenvalue weighted by Gasteiger charge is 2.14. The Morgan fingerprint density at radius 1 is 1.33 bits per heavy atom. The van der Waals surface area contributed by atoms with Gasteiger partial charge in [0, 0.05) is 12.2 Å². The van der Waals surface area contributed by atoms with Gasteiger partial charge in [0.2, 0.25) is 0 Å². The summed E-state index contributed by atoms with van der Waals surface area (Å²) < 4.78 is 13.0. The normalized spacial score (nSPS) is 16.9. The molecule has 1 saturated carbocycles. The third-order valence-electron chi connectivity index (χ3n) is 3.26. The molecule has 15 heavy (non-hydrogen) atoms. The molecule has 0 unspecified atom stereocenters. The van der Waals surface area contributed by atoms with Gasteiger partial charge >= 0.3 is 0 Å². The van der Waals surface area contributed by atoms with Crippen LogP contribution in [0.5, 0.6) is 0 Å². The van der Waals surface area contributed by atoms with E-state index >= 15 is 0 Å². The van der Waals surface area contributed by atoms with Crippen molar-refractivity contribution in [2.24, 2.45) is 5.92 Å². The molecule has 82 valence electrons. The molecule has 0 spiro atoms. The Hall–Kier alpha value is -1.05. The summed E-state index contributed by atoms with van der Waals surface area (Å²) in [7, 11) is 0. The van der Waals surface area contributed by atoms with Crippen LogP contribution in [0.1, 0.15) is 31.2 Å². The van der Waals surface area contributed by atoms with Gasteiger partial charge < -0.3 is 5.32 Å². The van der Waals surface area contributed by atoms with Crippen LogP contribution in [-0.4, -0.2) is 6.54 Å². The number of nitrogens with one attached hydrogen (secondary N) is 1. The molecule has 0 aliphatic heterocycles. The summed E-state index contributed by atoms with van der Waals surface area (Å²) >= 11 is 0. The highest BCUT2D eigenvalue weighted by Crippen LogP contribution is 2.25. The number of aryl methyl sites for hydroxylation is 1. The Kier molecular flexibility index (Phi) is 3.24. The third kappa shape index (κ3) is 2.71. The zero-order valence-corrected chi connectivity index (χ0v) is 9.22. The van der Waals surface area contributed by atoms with Crippen molar-refractivity contribution in [3.05, 3.63) is 29.6 Å². The third-order valence-corrected chi connectivity index (χ3v) is 3.26. The first-order chi connectivity index (χ1) is 7.25. The molecule has 1 aromatic rings. The molecule has 0 bridgehead atoms. The molecule has 1 N–H and O–H groups in total. The Morgan fingerprint density at radius 3 is 2.80 bits per heavy atom. The van der Waals surface area contributed by atoms with Crippen LogP contribution in [0, 0.1) is 18.7 Å². The van der Waals surface area contributed by atoms with Crippen molar-refractivity contribution in [2.45, 2.75) is 32.6 Å². The van der Waals surface area contributed by atoms with Crippen LogP contribution in [0.4, 0.5) is 10.1 Å². The highest BCUT2D eigenvalue weighted by molar-refractivity contribution is 5.50. The number of hydrogen-bond donors (Lipinski definition) is 1. The van der Waals surface area contributed by atoms with Crippen LogP contribution < -0.4 is 5.32 Å². The number of hydrogen-bond acceptors (Lipinski definition) is 1. The van der Waals surface area contributed by atoms with Crippen LogP contribution in [0.3, 0.4) is 0 Å². The summed E-state index contributed by atoms with van der Waals surface area (Å²) in [4.78, 5) is 0. The van der Waals surface area contributed by atoms with Crippen molar-refractivity contribution in [1.29, 1.82) is 0 Å². The minimum Gasteiger partial charge on any atom is -0.384 e. The second-order valence-electron chi connectivity index (χ2n) is 4.49. The Bertz CT molecular complexity index is 329. The quantitative estimate of drug-likeness (QED) is 0.796. The van der Waals surface area contributed by atoms with Gasteiger partial charge in [0.05, 0.1) is 0 Å². The van der Waals surface area contributed by atoms with Gasteiger partial charge in [-0.05, 0) is 43.4 Å². The van der Waals surface area contributed by atoms with E-state index in [1.807, 2.05) is 13.0 Å². The molecular weight excluding hydrogens is 189 g/mol. The van der Waals surface area contributed by atoms with Crippen LogP contribution >= 0.6 is 0 Å². The van der Waals surface area contributed by atoms with Crippen LogP contribution in [0.2, 0.25) is 0 Å². The summed E-state index contributed by atoms with van der Waals surface area (Å²) in [6.45, 7) is 3.00. The van der Waals surface area contributed by atoms with Crippen molar-refractivity contribution in [3.8, 4) is 0 Å². The van der Waals surface area contributed by atoms with Gasteiger partial charge in [0.1, 0.15) is 5.82 Å². The fourth-order valence-electron chi connectivity index (χ4n) is 2.25. The van der Waals surface area contributed by atoms with Crippen LogP contribution in [-0.2, 0) is 0 Å². The molecule has 0 radical (unpaired) electrons. The summed E-state index contributed by atoms with van der Waals surface area (Å²) in [6, 6.07) is 4.92. The Balaban J connectivity index is 1.94. The average Bonchev–Trinajstić information content (AvgIpc) is 2.72. The largest absolute Gasteiger partial charge is 0.384 e. The van der Waals surface area contributed by atoms with Gasteiger partial charge in [-0.1, -0.05) is 18.9 Å². The minimum absolute atomic E-state index is 0.158. The van der Waals surface area contributed by atoms with Crippen molar-refractivity contribution in [3.63, 3.8) is 0 Å². The summed E-state index contributed by atoms with van der Waals surface area (Å²) in [6.07, 6.45) is 5.35. The maximum Gasteiger partial charge on any atom is 0.125 e. The second kappa shape index (κ2) is 4.65. The topological polar surface area (TPSA) is 12.0 Å². The predicted octanol–water partition coefficient (Wildman–Crippen LogP) is 3.74. The van der Waals surface area contributed by atoms with E-state index in [0.29, 0.717) is 0 Å². The standard InChI is InChI=1S/C13H18FN/c1-10-6-7-12(14)8-13(10)15-9-11-4-2-3-5-11/h6-8,11,15H,2-5,9H2,1H3. The number of benzene rings is 1. The van der Waals surface area contributed by atoms with Gasteiger partial charge in [0.15, 0.2) is 0 Å². The smallest absolute Gasteiger partial charge is 0.125 e. The highest BCUT2D eigenvalue weighted by atomic mass is 19.1. The van der Waals surface area contributed by atoms with Crippen molar-refractivity contribution in [1.82, 2.24) is 0 Å². The minimum atomic E-state index is -0.158. The first-order valence-electron chi connectivity index (χ1n) is 5.76. The lowest BCUT2D eigenvalue weighted by molar-refractivity contribution is 0.578. The maximum atomic E-state index is 13.0. The molecule has 1 aliphatic rings. The summed E-state index contributed by atoms with van der Waals surface area (Å²) in [5, 5.41) is 3.36. The van der Waals surface area contributed by atoms with E-state index in [-0.39, 0.29) is 5.82 Å². The lowest BCUT2D eigenvalue weighted by Gasteiger charge is -2.13. The van der Waals surface area contributed by atoms with Gasteiger partial charge in [-0.15, -0.1) is 0 Å². The molecule has 1 aromatic carbocycles. The summed E-state index contributed by atoms with van der Waals surface area (Å²) in [5.41, 5.74) is 2.07. The van der Waals surface area contributed by atoms with E-state index in [0.717, 1.165) is 23.7 Å². The molecule has 0 atom stereocenters. The number of rotatable bonds is 3. The van der Waals surface area contributed by atoms with E-state index in [4.69, 9.17) is 0 Å². The maximum absolute atomic E-state index is 13.0. The summed E-state index contributed by atoms with van der Waals surface area (Å²) in [5.74, 6) is 0.627. The zero-order valence-electron chi connectivity index (χ0n) is 9.22.